The maximum atomic E-state index is 12.7. The van der Waals surface area contributed by atoms with Gasteiger partial charge >= 0.3 is 5.97 Å². The van der Waals surface area contributed by atoms with Gasteiger partial charge in [-0.15, -0.1) is 0 Å². The number of piperidine rings is 1. The molecule has 0 radical (unpaired) electrons. The van der Waals surface area contributed by atoms with Gasteiger partial charge < -0.3 is 10.4 Å². The number of amides is 1. The molecule has 1 aliphatic rings. The molecule has 2 rings (SSSR count). The Morgan fingerprint density at radius 1 is 1.53 bits per heavy atom. The van der Waals surface area contributed by atoms with Gasteiger partial charge in [-0.2, -0.15) is 4.39 Å². The number of carboxylic acid groups (broad SMARTS) is 1. The highest BCUT2D eigenvalue weighted by molar-refractivity contribution is 5.86. The fraction of sp³-hybridized carbons (Fsp3) is 0.364. The minimum Gasteiger partial charge on any atom is -0.481 e. The summed E-state index contributed by atoms with van der Waals surface area (Å²) in [5, 5.41) is 11.9. The van der Waals surface area contributed by atoms with Crippen molar-refractivity contribution < 1.29 is 19.1 Å². The van der Waals surface area contributed by atoms with Gasteiger partial charge in [-0.25, -0.2) is 4.98 Å². The summed E-state index contributed by atoms with van der Waals surface area (Å²) >= 11 is 0. The molecule has 1 aliphatic heterocycles. The molecule has 90 valence electrons. The molecule has 2 heterocycles. The summed E-state index contributed by atoms with van der Waals surface area (Å²) < 4.78 is 12.7. The molecule has 1 aromatic heterocycles. The van der Waals surface area contributed by atoms with E-state index in [0.29, 0.717) is 5.56 Å². The first-order chi connectivity index (χ1) is 8.04. The Balaban J connectivity index is 2.38. The Labute approximate surface area is 96.7 Å². The van der Waals surface area contributed by atoms with Crippen molar-refractivity contribution in [1.82, 2.24) is 10.3 Å². The first-order valence-corrected chi connectivity index (χ1v) is 5.17. The number of pyridine rings is 1. The highest BCUT2D eigenvalue weighted by atomic mass is 19.1. The van der Waals surface area contributed by atoms with E-state index >= 15 is 0 Å². The SMILES string of the molecule is O=C1CCC(C(=O)O)(c2ccc(F)nc2)CN1. The standard InChI is InChI=1S/C11H11FN2O3/c12-8-2-1-7(5-13-8)11(10(16)17)4-3-9(15)14-6-11/h1-2,5H,3-4,6H2,(H,14,15)(H,16,17). The second-order valence-corrected chi connectivity index (χ2v) is 4.03. The lowest BCUT2D eigenvalue weighted by Crippen LogP contribution is -2.51. The van der Waals surface area contributed by atoms with Crippen LogP contribution in [0.4, 0.5) is 4.39 Å². The van der Waals surface area contributed by atoms with Gasteiger partial charge in [0.2, 0.25) is 11.9 Å². The average Bonchev–Trinajstić information content (AvgIpc) is 2.31. The number of aromatic nitrogens is 1. The molecule has 0 bridgehead atoms. The molecule has 1 fully saturated rings. The molecule has 5 nitrogen and oxygen atoms in total. The quantitative estimate of drug-likeness (QED) is 0.733. The van der Waals surface area contributed by atoms with E-state index in [-0.39, 0.29) is 25.3 Å². The summed E-state index contributed by atoms with van der Waals surface area (Å²) in [4.78, 5) is 25.9. The van der Waals surface area contributed by atoms with E-state index in [2.05, 4.69) is 10.3 Å². The maximum Gasteiger partial charge on any atom is 0.316 e. The Morgan fingerprint density at radius 2 is 2.29 bits per heavy atom. The summed E-state index contributed by atoms with van der Waals surface area (Å²) in [6.07, 6.45) is 1.55. The summed E-state index contributed by atoms with van der Waals surface area (Å²) in [6, 6.07) is 2.52. The Morgan fingerprint density at radius 3 is 2.76 bits per heavy atom. The average molecular weight is 238 g/mol. The molecule has 1 saturated heterocycles. The third kappa shape index (κ3) is 1.98. The predicted octanol–water partition coefficient (Wildman–Crippen LogP) is 0.453. The minimum atomic E-state index is -1.20. The fourth-order valence-electron chi connectivity index (χ4n) is 1.96. The molecule has 0 saturated carbocycles. The lowest BCUT2D eigenvalue weighted by molar-refractivity contribution is -0.145. The topological polar surface area (TPSA) is 79.3 Å². The molecule has 6 heteroatoms. The van der Waals surface area contributed by atoms with Gasteiger partial charge in [-0.05, 0) is 18.1 Å². The molecule has 17 heavy (non-hydrogen) atoms. The number of rotatable bonds is 2. The normalized spacial score (nSPS) is 24.2. The molecule has 1 unspecified atom stereocenters. The Bertz CT molecular complexity index is 448. The van der Waals surface area contributed by atoms with Gasteiger partial charge in [0.15, 0.2) is 0 Å². The number of carbonyl (C=O) groups excluding carboxylic acids is 1. The summed E-state index contributed by atoms with van der Waals surface area (Å²) in [5.41, 5.74) is -0.791. The van der Waals surface area contributed by atoms with E-state index in [9.17, 15) is 19.1 Å². The zero-order valence-electron chi connectivity index (χ0n) is 8.94. The van der Waals surface area contributed by atoms with Crippen LogP contribution in [0.1, 0.15) is 18.4 Å². The van der Waals surface area contributed by atoms with Crippen LogP contribution in [0.15, 0.2) is 18.3 Å². The van der Waals surface area contributed by atoms with Crippen molar-refractivity contribution in [3.05, 3.63) is 29.8 Å². The van der Waals surface area contributed by atoms with Crippen LogP contribution in [0.25, 0.3) is 0 Å². The van der Waals surface area contributed by atoms with Gasteiger partial charge in [0.05, 0.1) is 0 Å². The molecule has 2 N–H and O–H groups in total. The smallest absolute Gasteiger partial charge is 0.316 e. The lowest BCUT2D eigenvalue weighted by Gasteiger charge is -2.33. The van der Waals surface area contributed by atoms with E-state index in [1.165, 1.54) is 12.3 Å². The number of hydrogen-bond donors (Lipinski definition) is 2. The summed E-state index contributed by atoms with van der Waals surface area (Å²) in [5.74, 6) is -1.86. The van der Waals surface area contributed by atoms with Gasteiger partial charge in [0.1, 0.15) is 5.41 Å². The van der Waals surface area contributed by atoms with Gasteiger partial charge in [-0.1, -0.05) is 6.07 Å². The van der Waals surface area contributed by atoms with Crippen molar-refractivity contribution in [3.63, 3.8) is 0 Å². The first kappa shape index (κ1) is 11.5. The summed E-state index contributed by atoms with van der Waals surface area (Å²) in [7, 11) is 0. The monoisotopic (exact) mass is 238 g/mol. The van der Waals surface area contributed by atoms with Gasteiger partial charge in [0, 0.05) is 19.2 Å². The van der Waals surface area contributed by atoms with Crippen LogP contribution in [0.3, 0.4) is 0 Å². The minimum absolute atomic E-state index is 0.00841. The second kappa shape index (κ2) is 4.12. The number of halogens is 1. The zero-order valence-corrected chi connectivity index (χ0v) is 8.94. The van der Waals surface area contributed by atoms with Crippen LogP contribution < -0.4 is 5.32 Å². The molecule has 0 aromatic carbocycles. The number of hydrogen-bond acceptors (Lipinski definition) is 3. The molecule has 0 spiro atoms. The van der Waals surface area contributed by atoms with Crippen LogP contribution >= 0.6 is 0 Å². The number of aliphatic carboxylic acids is 1. The van der Waals surface area contributed by atoms with Crippen molar-refractivity contribution >= 4 is 11.9 Å². The Kier molecular flexibility index (Phi) is 2.79. The molecular weight excluding hydrogens is 227 g/mol. The van der Waals surface area contributed by atoms with Crippen LogP contribution in [-0.2, 0) is 15.0 Å². The van der Waals surface area contributed by atoms with Crippen molar-refractivity contribution in [2.24, 2.45) is 0 Å². The molecule has 1 amide bonds. The number of carbonyl (C=O) groups is 2. The van der Waals surface area contributed by atoms with Crippen LogP contribution in [0, 0.1) is 5.95 Å². The van der Waals surface area contributed by atoms with E-state index in [1.807, 2.05) is 0 Å². The number of nitrogens with one attached hydrogen (secondary N) is 1. The fourth-order valence-corrected chi connectivity index (χ4v) is 1.96. The molecule has 0 aliphatic carbocycles. The van der Waals surface area contributed by atoms with Crippen molar-refractivity contribution in [2.75, 3.05) is 6.54 Å². The van der Waals surface area contributed by atoms with E-state index in [0.717, 1.165) is 6.07 Å². The van der Waals surface area contributed by atoms with E-state index in [4.69, 9.17) is 0 Å². The third-order valence-electron chi connectivity index (χ3n) is 3.06. The second-order valence-electron chi connectivity index (χ2n) is 4.03. The van der Waals surface area contributed by atoms with Crippen molar-refractivity contribution in [1.29, 1.82) is 0 Å². The predicted molar refractivity (Wildman–Crippen MR) is 55.8 cm³/mol. The van der Waals surface area contributed by atoms with Gasteiger partial charge in [0.25, 0.3) is 0 Å². The zero-order chi connectivity index (χ0) is 12.5. The molecule has 1 aromatic rings. The number of carboxylic acids is 1. The first-order valence-electron chi connectivity index (χ1n) is 5.17. The van der Waals surface area contributed by atoms with E-state index < -0.39 is 17.3 Å². The largest absolute Gasteiger partial charge is 0.481 e. The molecular formula is C11H11FN2O3. The third-order valence-corrected chi connectivity index (χ3v) is 3.06. The van der Waals surface area contributed by atoms with Crippen LogP contribution in [-0.4, -0.2) is 28.5 Å². The van der Waals surface area contributed by atoms with Crippen LogP contribution in [0.2, 0.25) is 0 Å². The maximum absolute atomic E-state index is 12.7. The van der Waals surface area contributed by atoms with Gasteiger partial charge in [-0.3, -0.25) is 9.59 Å². The Hall–Kier alpha value is -1.98. The number of nitrogens with zero attached hydrogens (tertiary/aromatic N) is 1. The highest BCUT2D eigenvalue weighted by Crippen LogP contribution is 2.31. The lowest BCUT2D eigenvalue weighted by atomic mass is 9.75. The van der Waals surface area contributed by atoms with Crippen LogP contribution in [0.5, 0.6) is 0 Å². The van der Waals surface area contributed by atoms with E-state index in [1.54, 1.807) is 0 Å². The highest BCUT2D eigenvalue weighted by Gasteiger charge is 2.43. The van der Waals surface area contributed by atoms with Crippen molar-refractivity contribution in [2.45, 2.75) is 18.3 Å². The molecule has 1 atom stereocenters. The van der Waals surface area contributed by atoms with Crippen molar-refractivity contribution in [3.8, 4) is 0 Å². The summed E-state index contributed by atoms with van der Waals surface area (Å²) in [6.45, 7) is 0.00841.